The molecule has 6 nitrogen and oxygen atoms in total. The zero-order valence-electron chi connectivity index (χ0n) is 13.8. The molecule has 7 heteroatoms. The van der Waals surface area contributed by atoms with Gasteiger partial charge in [-0.1, -0.05) is 16.8 Å². The van der Waals surface area contributed by atoms with Gasteiger partial charge in [-0.15, -0.1) is 0 Å². The summed E-state index contributed by atoms with van der Waals surface area (Å²) in [7, 11) is 0. The second kappa shape index (κ2) is 8.15. The maximum Gasteiger partial charge on any atom is 0.228 e. The van der Waals surface area contributed by atoms with Gasteiger partial charge < -0.3 is 15.2 Å². The molecule has 1 saturated carbocycles. The van der Waals surface area contributed by atoms with Crippen molar-refractivity contribution in [2.24, 2.45) is 10.9 Å². The van der Waals surface area contributed by atoms with Gasteiger partial charge in [0.15, 0.2) is 5.96 Å². The van der Waals surface area contributed by atoms with Gasteiger partial charge in [-0.05, 0) is 49.9 Å². The quantitative estimate of drug-likeness (QED) is 0.595. The number of hydrogen-bond acceptors (Lipinski definition) is 4. The molecule has 1 aromatic heterocycles. The number of guanidine groups is 1. The van der Waals surface area contributed by atoms with Crippen molar-refractivity contribution in [2.45, 2.75) is 26.2 Å². The standard InChI is InChI=1S/C17H22ClN5O/c1-2-19-17(21-11-12-3-4-12)20-10-9-15-22-16(23-24-15)13-5-7-14(18)8-6-13/h5-8,12H,2-4,9-11H2,1H3,(H2,19,20,21). The van der Waals surface area contributed by atoms with E-state index in [0.717, 1.165) is 30.5 Å². The Bertz CT molecular complexity index is 679. The summed E-state index contributed by atoms with van der Waals surface area (Å²) < 4.78 is 5.30. The molecule has 2 N–H and O–H groups in total. The van der Waals surface area contributed by atoms with Gasteiger partial charge in [-0.2, -0.15) is 4.98 Å². The van der Waals surface area contributed by atoms with Crippen LogP contribution in [0.4, 0.5) is 0 Å². The molecule has 2 aromatic rings. The minimum atomic E-state index is 0.580. The van der Waals surface area contributed by atoms with Gasteiger partial charge in [0.2, 0.25) is 11.7 Å². The van der Waals surface area contributed by atoms with Crippen LogP contribution in [0.25, 0.3) is 11.4 Å². The van der Waals surface area contributed by atoms with Gasteiger partial charge in [-0.25, -0.2) is 0 Å². The second-order valence-electron chi connectivity index (χ2n) is 5.86. The van der Waals surface area contributed by atoms with Crippen LogP contribution in [0.1, 0.15) is 25.7 Å². The number of aromatic nitrogens is 2. The molecule has 1 aromatic carbocycles. The normalized spacial score (nSPS) is 14.7. The summed E-state index contributed by atoms with van der Waals surface area (Å²) in [6.07, 6.45) is 3.26. The van der Waals surface area contributed by atoms with E-state index in [1.807, 2.05) is 24.3 Å². The lowest BCUT2D eigenvalue weighted by Gasteiger charge is -2.09. The van der Waals surface area contributed by atoms with Crippen LogP contribution in [-0.4, -0.2) is 35.7 Å². The molecule has 128 valence electrons. The molecule has 0 amide bonds. The summed E-state index contributed by atoms with van der Waals surface area (Å²) in [4.78, 5) is 9.00. The molecule has 24 heavy (non-hydrogen) atoms. The third-order valence-corrected chi connectivity index (χ3v) is 4.00. The summed E-state index contributed by atoms with van der Waals surface area (Å²) in [6, 6.07) is 7.38. The fourth-order valence-electron chi connectivity index (χ4n) is 2.22. The maximum atomic E-state index is 5.89. The number of nitrogens with zero attached hydrogens (tertiary/aromatic N) is 3. The molecular formula is C17H22ClN5O. The Kier molecular flexibility index (Phi) is 5.69. The van der Waals surface area contributed by atoms with E-state index in [1.54, 1.807) is 0 Å². The minimum Gasteiger partial charge on any atom is -0.357 e. The molecule has 0 bridgehead atoms. The zero-order valence-corrected chi connectivity index (χ0v) is 14.5. The van der Waals surface area contributed by atoms with E-state index in [9.17, 15) is 0 Å². The Hall–Kier alpha value is -2.08. The third-order valence-electron chi connectivity index (χ3n) is 3.75. The Balaban J connectivity index is 1.50. The Labute approximate surface area is 146 Å². The average molecular weight is 348 g/mol. The SMILES string of the molecule is CCNC(=NCC1CC1)NCCc1nc(-c2ccc(Cl)cc2)no1. The molecule has 0 spiro atoms. The summed E-state index contributed by atoms with van der Waals surface area (Å²) in [5.74, 6) is 2.81. The fourth-order valence-corrected chi connectivity index (χ4v) is 2.35. The number of nitrogens with one attached hydrogen (secondary N) is 2. The molecule has 0 aliphatic heterocycles. The van der Waals surface area contributed by atoms with Crippen LogP contribution in [0.3, 0.4) is 0 Å². The maximum absolute atomic E-state index is 5.89. The summed E-state index contributed by atoms with van der Waals surface area (Å²) >= 11 is 5.89. The minimum absolute atomic E-state index is 0.580. The van der Waals surface area contributed by atoms with Crippen molar-refractivity contribution in [3.05, 3.63) is 35.2 Å². The first-order chi connectivity index (χ1) is 11.7. The highest BCUT2D eigenvalue weighted by atomic mass is 35.5. The van der Waals surface area contributed by atoms with Crippen LogP contribution in [-0.2, 0) is 6.42 Å². The van der Waals surface area contributed by atoms with Gasteiger partial charge in [-0.3, -0.25) is 4.99 Å². The molecule has 3 rings (SSSR count). The van der Waals surface area contributed by atoms with Crippen molar-refractivity contribution in [2.75, 3.05) is 19.6 Å². The molecule has 0 unspecified atom stereocenters. The molecule has 0 saturated heterocycles. The third kappa shape index (κ3) is 4.96. The van der Waals surface area contributed by atoms with Crippen molar-refractivity contribution in [3.63, 3.8) is 0 Å². The van der Waals surface area contributed by atoms with Gasteiger partial charge in [0, 0.05) is 36.6 Å². The number of halogens is 1. The van der Waals surface area contributed by atoms with E-state index >= 15 is 0 Å². The number of aliphatic imine (C=N–C) groups is 1. The summed E-state index contributed by atoms with van der Waals surface area (Å²) in [5.41, 5.74) is 0.890. The van der Waals surface area contributed by atoms with Gasteiger partial charge in [0.25, 0.3) is 0 Å². The number of benzene rings is 1. The van der Waals surface area contributed by atoms with Crippen molar-refractivity contribution < 1.29 is 4.52 Å². The number of rotatable bonds is 7. The first kappa shape index (κ1) is 16.8. The summed E-state index contributed by atoms with van der Waals surface area (Å²) in [5, 5.41) is 11.3. The highest BCUT2D eigenvalue weighted by molar-refractivity contribution is 6.30. The molecule has 1 aliphatic carbocycles. The van der Waals surface area contributed by atoms with Crippen molar-refractivity contribution in [1.29, 1.82) is 0 Å². The first-order valence-corrected chi connectivity index (χ1v) is 8.73. The smallest absolute Gasteiger partial charge is 0.228 e. The van der Waals surface area contributed by atoms with E-state index in [2.05, 4.69) is 32.7 Å². The van der Waals surface area contributed by atoms with Crippen LogP contribution in [0.15, 0.2) is 33.8 Å². The van der Waals surface area contributed by atoms with Crippen molar-refractivity contribution in [3.8, 4) is 11.4 Å². The average Bonchev–Trinajstić information content (AvgIpc) is 3.30. The van der Waals surface area contributed by atoms with Crippen LogP contribution in [0.2, 0.25) is 5.02 Å². The van der Waals surface area contributed by atoms with Crippen LogP contribution in [0.5, 0.6) is 0 Å². The van der Waals surface area contributed by atoms with E-state index < -0.39 is 0 Å². The lowest BCUT2D eigenvalue weighted by atomic mass is 10.2. The predicted molar refractivity (Wildman–Crippen MR) is 95.2 cm³/mol. The molecule has 1 aliphatic rings. The molecule has 0 radical (unpaired) electrons. The lowest BCUT2D eigenvalue weighted by molar-refractivity contribution is 0.378. The van der Waals surface area contributed by atoms with E-state index in [4.69, 9.17) is 16.1 Å². The number of hydrogen-bond donors (Lipinski definition) is 2. The fraction of sp³-hybridized carbons (Fsp3) is 0.471. The van der Waals surface area contributed by atoms with Gasteiger partial charge in [0.05, 0.1) is 0 Å². The van der Waals surface area contributed by atoms with Gasteiger partial charge in [0.1, 0.15) is 0 Å². The Morgan fingerprint density at radius 3 is 2.79 bits per heavy atom. The zero-order chi connectivity index (χ0) is 16.8. The van der Waals surface area contributed by atoms with E-state index in [1.165, 1.54) is 12.8 Å². The molecule has 0 atom stereocenters. The molecule has 1 heterocycles. The monoisotopic (exact) mass is 347 g/mol. The van der Waals surface area contributed by atoms with Crippen LogP contribution in [0, 0.1) is 5.92 Å². The first-order valence-electron chi connectivity index (χ1n) is 8.35. The second-order valence-corrected chi connectivity index (χ2v) is 6.29. The molecular weight excluding hydrogens is 326 g/mol. The van der Waals surface area contributed by atoms with E-state index in [0.29, 0.717) is 29.7 Å². The summed E-state index contributed by atoms with van der Waals surface area (Å²) in [6.45, 7) is 4.50. The van der Waals surface area contributed by atoms with Crippen LogP contribution < -0.4 is 10.6 Å². The van der Waals surface area contributed by atoms with Crippen molar-refractivity contribution >= 4 is 17.6 Å². The molecule has 1 fully saturated rings. The Morgan fingerprint density at radius 1 is 1.29 bits per heavy atom. The van der Waals surface area contributed by atoms with E-state index in [-0.39, 0.29) is 0 Å². The topological polar surface area (TPSA) is 75.3 Å². The van der Waals surface area contributed by atoms with Gasteiger partial charge >= 0.3 is 0 Å². The largest absolute Gasteiger partial charge is 0.357 e. The van der Waals surface area contributed by atoms with Crippen LogP contribution >= 0.6 is 11.6 Å². The lowest BCUT2D eigenvalue weighted by Crippen LogP contribution is -2.38. The van der Waals surface area contributed by atoms with Crippen molar-refractivity contribution in [1.82, 2.24) is 20.8 Å². The predicted octanol–water partition coefficient (Wildman–Crippen LogP) is 2.90. The highest BCUT2D eigenvalue weighted by Gasteiger charge is 2.20. The highest BCUT2D eigenvalue weighted by Crippen LogP contribution is 2.28. The Morgan fingerprint density at radius 2 is 2.08 bits per heavy atom.